The highest BCUT2D eigenvalue weighted by Crippen LogP contribution is 2.29. The fourth-order valence-electron chi connectivity index (χ4n) is 1.99. The van der Waals surface area contributed by atoms with Gasteiger partial charge in [-0.2, -0.15) is 0 Å². The Morgan fingerprint density at radius 1 is 1.55 bits per heavy atom. The Morgan fingerprint density at radius 3 is 3.09 bits per heavy atom. The van der Waals surface area contributed by atoms with Crippen LogP contribution in [0.3, 0.4) is 0 Å². The molecule has 3 heteroatoms. The first-order valence-corrected chi connectivity index (χ1v) is 4.14. The summed E-state index contributed by atoms with van der Waals surface area (Å²) in [7, 11) is 0. The average molecular weight is 155 g/mol. The SMILES string of the molecule is CC1COCC2C(=O)NCC12. The van der Waals surface area contributed by atoms with E-state index in [1.165, 1.54) is 0 Å². The van der Waals surface area contributed by atoms with Gasteiger partial charge < -0.3 is 10.1 Å². The molecule has 62 valence electrons. The Labute approximate surface area is 66.1 Å². The lowest BCUT2D eigenvalue weighted by atomic mass is 9.84. The fourth-order valence-corrected chi connectivity index (χ4v) is 1.99. The van der Waals surface area contributed by atoms with E-state index in [9.17, 15) is 4.79 Å². The Kier molecular flexibility index (Phi) is 1.60. The van der Waals surface area contributed by atoms with Gasteiger partial charge in [0.25, 0.3) is 0 Å². The highest BCUT2D eigenvalue weighted by Gasteiger charge is 2.40. The van der Waals surface area contributed by atoms with E-state index in [2.05, 4.69) is 12.2 Å². The molecule has 2 rings (SSSR count). The molecular weight excluding hydrogens is 142 g/mol. The minimum Gasteiger partial charge on any atom is -0.380 e. The zero-order chi connectivity index (χ0) is 7.84. The number of hydrogen-bond acceptors (Lipinski definition) is 2. The zero-order valence-corrected chi connectivity index (χ0v) is 6.67. The first-order chi connectivity index (χ1) is 5.29. The molecule has 3 atom stereocenters. The van der Waals surface area contributed by atoms with E-state index in [0.29, 0.717) is 18.4 Å². The van der Waals surface area contributed by atoms with E-state index >= 15 is 0 Å². The number of carbonyl (C=O) groups excluding carboxylic acids is 1. The van der Waals surface area contributed by atoms with Crippen LogP contribution in [0.1, 0.15) is 6.92 Å². The summed E-state index contributed by atoms with van der Waals surface area (Å²) < 4.78 is 5.31. The summed E-state index contributed by atoms with van der Waals surface area (Å²) >= 11 is 0. The van der Waals surface area contributed by atoms with Crippen LogP contribution in [0.25, 0.3) is 0 Å². The summed E-state index contributed by atoms with van der Waals surface area (Å²) in [6.45, 7) is 4.45. The van der Waals surface area contributed by atoms with Crippen molar-refractivity contribution in [2.75, 3.05) is 19.8 Å². The van der Waals surface area contributed by atoms with Crippen LogP contribution in [0, 0.1) is 17.8 Å². The number of fused-ring (bicyclic) bond motifs is 1. The molecule has 2 heterocycles. The van der Waals surface area contributed by atoms with Crippen molar-refractivity contribution in [1.82, 2.24) is 5.32 Å². The standard InChI is InChI=1S/C8H13NO2/c1-5-3-11-4-7-6(5)2-9-8(7)10/h5-7H,2-4H2,1H3,(H,9,10). The molecule has 2 fully saturated rings. The number of rotatable bonds is 0. The molecule has 1 amide bonds. The van der Waals surface area contributed by atoms with Crippen molar-refractivity contribution in [3.8, 4) is 0 Å². The third-order valence-electron chi connectivity index (χ3n) is 2.77. The second-order valence-electron chi connectivity index (χ2n) is 3.53. The third-order valence-corrected chi connectivity index (χ3v) is 2.77. The van der Waals surface area contributed by atoms with Crippen LogP contribution in [-0.2, 0) is 9.53 Å². The molecule has 11 heavy (non-hydrogen) atoms. The smallest absolute Gasteiger partial charge is 0.225 e. The van der Waals surface area contributed by atoms with Gasteiger partial charge in [0.2, 0.25) is 5.91 Å². The molecule has 3 nitrogen and oxygen atoms in total. The van der Waals surface area contributed by atoms with Crippen molar-refractivity contribution in [3.63, 3.8) is 0 Å². The van der Waals surface area contributed by atoms with E-state index < -0.39 is 0 Å². The van der Waals surface area contributed by atoms with Gasteiger partial charge in [-0.05, 0) is 11.8 Å². The normalized spacial score (nSPS) is 43.4. The maximum absolute atomic E-state index is 11.2. The van der Waals surface area contributed by atoms with E-state index in [-0.39, 0.29) is 11.8 Å². The topological polar surface area (TPSA) is 38.3 Å². The Bertz CT molecular complexity index is 181. The second-order valence-corrected chi connectivity index (χ2v) is 3.53. The first kappa shape index (κ1) is 7.10. The van der Waals surface area contributed by atoms with Crippen LogP contribution in [-0.4, -0.2) is 25.7 Å². The summed E-state index contributed by atoms with van der Waals surface area (Å²) in [6.07, 6.45) is 0. The van der Waals surface area contributed by atoms with Crippen LogP contribution < -0.4 is 5.32 Å². The minimum atomic E-state index is 0.138. The molecular formula is C8H13NO2. The van der Waals surface area contributed by atoms with Gasteiger partial charge in [0.05, 0.1) is 12.5 Å². The van der Waals surface area contributed by atoms with Crippen molar-refractivity contribution >= 4 is 5.91 Å². The van der Waals surface area contributed by atoms with Gasteiger partial charge in [0.1, 0.15) is 0 Å². The largest absolute Gasteiger partial charge is 0.380 e. The molecule has 1 N–H and O–H groups in total. The summed E-state index contributed by atoms with van der Waals surface area (Å²) in [5.41, 5.74) is 0. The quantitative estimate of drug-likeness (QED) is 0.535. The van der Waals surface area contributed by atoms with E-state index in [4.69, 9.17) is 4.74 Å². The molecule has 0 bridgehead atoms. The van der Waals surface area contributed by atoms with Crippen molar-refractivity contribution in [2.24, 2.45) is 17.8 Å². The predicted molar refractivity (Wildman–Crippen MR) is 40.0 cm³/mol. The molecule has 2 saturated heterocycles. The molecule has 0 spiro atoms. The zero-order valence-electron chi connectivity index (χ0n) is 6.67. The molecule has 2 aliphatic heterocycles. The molecule has 3 unspecified atom stereocenters. The number of amides is 1. The van der Waals surface area contributed by atoms with Crippen molar-refractivity contribution in [2.45, 2.75) is 6.92 Å². The van der Waals surface area contributed by atoms with Crippen molar-refractivity contribution in [1.29, 1.82) is 0 Å². The van der Waals surface area contributed by atoms with Gasteiger partial charge in [0, 0.05) is 13.2 Å². The summed E-state index contributed by atoms with van der Waals surface area (Å²) in [5.74, 6) is 1.38. The molecule has 0 radical (unpaired) electrons. The Morgan fingerprint density at radius 2 is 2.36 bits per heavy atom. The van der Waals surface area contributed by atoms with Gasteiger partial charge in [-0.15, -0.1) is 0 Å². The number of nitrogens with one attached hydrogen (secondary N) is 1. The second kappa shape index (κ2) is 2.48. The van der Waals surface area contributed by atoms with Gasteiger partial charge in [0.15, 0.2) is 0 Å². The van der Waals surface area contributed by atoms with E-state index in [1.54, 1.807) is 0 Å². The van der Waals surface area contributed by atoms with Gasteiger partial charge in [-0.1, -0.05) is 6.92 Å². The molecule has 0 saturated carbocycles. The Hall–Kier alpha value is -0.570. The maximum Gasteiger partial charge on any atom is 0.225 e. The van der Waals surface area contributed by atoms with Crippen LogP contribution in [0.5, 0.6) is 0 Å². The van der Waals surface area contributed by atoms with Gasteiger partial charge >= 0.3 is 0 Å². The summed E-state index contributed by atoms with van der Waals surface area (Å²) in [6, 6.07) is 0. The third kappa shape index (κ3) is 1.03. The average Bonchev–Trinajstić information content (AvgIpc) is 2.35. The lowest BCUT2D eigenvalue weighted by Crippen LogP contribution is -2.34. The monoisotopic (exact) mass is 155 g/mol. The molecule has 0 aromatic heterocycles. The summed E-state index contributed by atoms with van der Waals surface area (Å²) in [4.78, 5) is 11.2. The molecule has 2 aliphatic rings. The first-order valence-electron chi connectivity index (χ1n) is 4.14. The van der Waals surface area contributed by atoms with E-state index in [0.717, 1.165) is 13.2 Å². The number of hydrogen-bond donors (Lipinski definition) is 1. The minimum absolute atomic E-state index is 0.138. The number of carbonyl (C=O) groups is 1. The number of ether oxygens (including phenoxy) is 1. The Balaban J connectivity index is 2.12. The highest BCUT2D eigenvalue weighted by molar-refractivity contribution is 5.81. The summed E-state index contributed by atoms with van der Waals surface area (Å²) in [5, 5.41) is 2.87. The van der Waals surface area contributed by atoms with Crippen LogP contribution in [0.15, 0.2) is 0 Å². The highest BCUT2D eigenvalue weighted by atomic mass is 16.5. The van der Waals surface area contributed by atoms with Gasteiger partial charge in [-0.3, -0.25) is 4.79 Å². The fraction of sp³-hybridized carbons (Fsp3) is 0.875. The predicted octanol–water partition coefficient (Wildman–Crippen LogP) is 0.0149. The van der Waals surface area contributed by atoms with E-state index in [1.807, 2.05) is 0 Å². The molecule has 0 aliphatic carbocycles. The maximum atomic E-state index is 11.2. The molecule has 0 aromatic rings. The van der Waals surface area contributed by atoms with Gasteiger partial charge in [-0.25, -0.2) is 0 Å². The van der Waals surface area contributed by atoms with Crippen molar-refractivity contribution in [3.05, 3.63) is 0 Å². The van der Waals surface area contributed by atoms with Crippen LogP contribution in [0.2, 0.25) is 0 Å². The van der Waals surface area contributed by atoms with Crippen molar-refractivity contribution < 1.29 is 9.53 Å². The lowest BCUT2D eigenvalue weighted by Gasteiger charge is -2.28. The molecule has 0 aromatic carbocycles. The van der Waals surface area contributed by atoms with Crippen LogP contribution >= 0.6 is 0 Å². The lowest BCUT2D eigenvalue weighted by molar-refractivity contribution is -0.127. The van der Waals surface area contributed by atoms with Crippen LogP contribution in [0.4, 0.5) is 0 Å².